The number of morpholine rings is 1. The second kappa shape index (κ2) is 8.10. The topological polar surface area (TPSA) is 55.8 Å². The molecule has 0 saturated carbocycles. The average Bonchev–Trinajstić information content (AvgIpc) is 2.61. The van der Waals surface area contributed by atoms with E-state index in [2.05, 4.69) is 17.0 Å². The molecule has 0 radical (unpaired) electrons. The van der Waals surface area contributed by atoms with Crippen LogP contribution in [-0.2, 0) is 25.6 Å². The minimum Gasteiger partial charge on any atom is -0.372 e. The Bertz CT molecular complexity index is 765. The van der Waals surface area contributed by atoms with Crippen LogP contribution in [0.25, 0.3) is 0 Å². The summed E-state index contributed by atoms with van der Waals surface area (Å²) in [6.07, 6.45) is 0.0948. The number of hydrogen-bond donors (Lipinski definition) is 0. The molecule has 2 aromatic carbocycles. The maximum absolute atomic E-state index is 11.7. The van der Waals surface area contributed by atoms with Gasteiger partial charge in [-0.2, -0.15) is 8.42 Å². The van der Waals surface area contributed by atoms with E-state index in [0.717, 1.165) is 24.9 Å². The monoisotopic (exact) mass is 361 g/mol. The zero-order chi connectivity index (χ0) is 17.7. The molecule has 0 N–H and O–H groups in total. The molecule has 0 amide bonds. The van der Waals surface area contributed by atoms with Crippen LogP contribution >= 0.6 is 0 Å². The highest BCUT2D eigenvalue weighted by Gasteiger charge is 2.32. The Morgan fingerprint density at radius 2 is 1.76 bits per heavy atom. The van der Waals surface area contributed by atoms with Crippen LogP contribution in [-0.4, -0.2) is 45.4 Å². The molecule has 0 aromatic heterocycles. The first-order valence-electron chi connectivity index (χ1n) is 8.32. The molecule has 6 heteroatoms. The normalized spacial score (nSPS) is 20.3. The zero-order valence-corrected chi connectivity index (χ0v) is 15.1. The number of ether oxygens (including phenoxy) is 1. The van der Waals surface area contributed by atoms with E-state index >= 15 is 0 Å². The first kappa shape index (κ1) is 18.1. The summed E-state index contributed by atoms with van der Waals surface area (Å²) < 4.78 is 34.7. The summed E-state index contributed by atoms with van der Waals surface area (Å²) in [5, 5.41) is 0. The van der Waals surface area contributed by atoms with Gasteiger partial charge in [-0.25, -0.2) is 0 Å². The average molecular weight is 361 g/mol. The van der Waals surface area contributed by atoms with Crippen LogP contribution in [0, 0.1) is 0 Å². The molecule has 25 heavy (non-hydrogen) atoms. The van der Waals surface area contributed by atoms with Gasteiger partial charge >= 0.3 is 0 Å². The van der Waals surface area contributed by atoms with Crippen LogP contribution in [0.15, 0.2) is 60.7 Å². The smallest absolute Gasteiger partial charge is 0.265 e. The predicted molar refractivity (Wildman–Crippen MR) is 96.6 cm³/mol. The van der Waals surface area contributed by atoms with Crippen molar-refractivity contribution >= 4 is 10.1 Å². The van der Waals surface area contributed by atoms with E-state index in [0.29, 0.717) is 13.2 Å². The van der Waals surface area contributed by atoms with Crippen molar-refractivity contribution in [1.29, 1.82) is 0 Å². The fourth-order valence-corrected chi connectivity index (χ4v) is 3.67. The largest absolute Gasteiger partial charge is 0.372 e. The molecule has 2 atom stereocenters. The Balaban J connectivity index is 1.76. The van der Waals surface area contributed by atoms with Gasteiger partial charge in [0.2, 0.25) is 0 Å². The van der Waals surface area contributed by atoms with Crippen molar-refractivity contribution in [2.24, 2.45) is 0 Å². The van der Waals surface area contributed by atoms with Crippen LogP contribution in [0.1, 0.15) is 17.2 Å². The fourth-order valence-electron chi connectivity index (χ4n) is 3.06. The Kier molecular flexibility index (Phi) is 5.86. The highest BCUT2D eigenvalue weighted by atomic mass is 32.2. The molecule has 3 rings (SSSR count). The van der Waals surface area contributed by atoms with Crippen molar-refractivity contribution in [3.05, 3.63) is 71.8 Å². The van der Waals surface area contributed by atoms with Crippen molar-refractivity contribution in [2.45, 2.75) is 18.8 Å². The summed E-state index contributed by atoms with van der Waals surface area (Å²) in [5.41, 5.74) is 2.03. The minimum absolute atomic E-state index is 0.338. The lowest BCUT2D eigenvalue weighted by Crippen LogP contribution is -2.45. The molecule has 134 valence electrons. The van der Waals surface area contributed by atoms with Crippen LogP contribution < -0.4 is 0 Å². The van der Waals surface area contributed by atoms with Gasteiger partial charge in [-0.1, -0.05) is 60.7 Å². The first-order chi connectivity index (χ1) is 12.0. The number of rotatable bonds is 6. The van der Waals surface area contributed by atoms with Gasteiger partial charge < -0.3 is 4.74 Å². The molecule has 0 bridgehead atoms. The number of nitrogens with zero attached hydrogens (tertiary/aromatic N) is 1. The highest BCUT2D eigenvalue weighted by molar-refractivity contribution is 7.86. The molecule has 1 aliphatic rings. The van der Waals surface area contributed by atoms with Crippen molar-refractivity contribution in [1.82, 2.24) is 4.90 Å². The van der Waals surface area contributed by atoms with Crippen molar-refractivity contribution in [3.8, 4) is 0 Å². The van der Waals surface area contributed by atoms with Gasteiger partial charge in [0.1, 0.15) is 12.2 Å². The maximum atomic E-state index is 11.7. The molecular formula is C19H23NO4S. The van der Waals surface area contributed by atoms with Gasteiger partial charge in [0, 0.05) is 19.6 Å². The van der Waals surface area contributed by atoms with Gasteiger partial charge in [0.05, 0.1) is 12.9 Å². The van der Waals surface area contributed by atoms with Gasteiger partial charge in [0.25, 0.3) is 10.1 Å². The van der Waals surface area contributed by atoms with E-state index in [-0.39, 0.29) is 6.10 Å². The van der Waals surface area contributed by atoms with Crippen LogP contribution in [0.5, 0.6) is 0 Å². The second-order valence-corrected chi connectivity index (χ2v) is 7.86. The van der Waals surface area contributed by atoms with E-state index in [4.69, 9.17) is 8.92 Å². The fraction of sp³-hybridized carbons (Fsp3) is 0.368. The van der Waals surface area contributed by atoms with Gasteiger partial charge in [-0.3, -0.25) is 9.08 Å². The molecule has 1 fully saturated rings. The van der Waals surface area contributed by atoms with Crippen molar-refractivity contribution in [2.75, 3.05) is 26.0 Å². The summed E-state index contributed by atoms with van der Waals surface area (Å²) in [5.74, 6) is 0. The summed E-state index contributed by atoms with van der Waals surface area (Å²) in [7, 11) is -3.60. The third-order valence-electron chi connectivity index (χ3n) is 4.17. The highest BCUT2D eigenvalue weighted by Crippen LogP contribution is 2.28. The summed E-state index contributed by atoms with van der Waals surface area (Å²) in [4.78, 5) is 2.27. The van der Waals surface area contributed by atoms with Crippen molar-refractivity contribution < 1.29 is 17.3 Å². The number of benzene rings is 2. The first-order valence-corrected chi connectivity index (χ1v) is 10.1. The molecule has 1 heterocycles. The summed E-state index contributed by atoms with van der Waals surface area (Å²) in [6.45, 7) is 2.78. The van der Waals surface area contributed by atoms with Crippen LogP contribution in [0.4, 0.5) is 0 Å². The van der Waals surface area contributed by atoms with Gasteiger partial charge in [-0.15, -0.1) is 0 Å². The molecule has 1 aliphatic heterocycles. The molecule has 5 nitrogen and oxygen atoms in total. The van der Waals surface area contributed by atoms with E-state index in [9.17, 15) is 8.42 Å². The van der Waals surface area contributed by atoms with Gasteiger partial charge in [0.15, 0.2) is 0 Å². The standard InChI is InChI=1S/C19H23NO4S/c1-25(21,22)24-19(17-10-6-3-7-11-17)18-15-20(12-13-23-18)14-16-8-4-2-5-9-16/h2-11,18-19H,12-15H2,1H3/t18-,19?/m1/s1. The van der Waals surface area contributed by atoms with E-state index in [1.54, 1.807) is 0 Å². The molecule has 0 spiro atoms. The third-order valence-corrected chi connectivity index (χ3v) is 4.73. The third kappa shape index (κ3) is 5.37. The molecule has 1 unspecified atom stereocenters. The van der Waals surface area contributed by atoms with E-state index in [1.165, 1.54) is 5.56 Å². The van der Waals surface area contributed by atoms with E-state index in [1.807, 2.05) is 48.5 Å². The van der Waals surface area contributed by atoms with Gasteiger partial charge in [-0.05, 0) is 11.1 Å². The molecule has 1 saturated heterocycles. The van der Waals surface area contributed by atoms with Crippen molar-refractivity contribution in [3.63, 3.8) is 0 Å². The van der Waals surface area contributed by atoms with Crippen LogP contribution in [0.2, 0.25) is 0 Å². The predicted octanol–water partition coefficient (Wildman–Crippen LogP) is 2.60. The SMILES string of the molecule is CS(=O)(=O)OC(c1ccccc1)[C@H]1CN(Cc2ccccc2)CCO1. The lowest BCUT2D eigenvalue weighted by Gasteiger charge is -2.36. The molecular weight excluding hydrogens is 338 g/mol. The second-order valence-electron chi connectivity index (χ2n) is 6.26. The summed E-state index contributed by atoms with van der Waals surface area (Å²) in [6, 6.07) is 19.6. The summed E-state index contributed by atoms with van der Waals surface area (Å²) >= 11 is 0. The molecule has 0 aliphatic carbocycles. The lowest BCUT2D eigenvalue weighted by molar-refractivity contribution is -0.0822. The number of hydrogen-bond acceptors (Lipinski definition) is 5. The molecule has 2 aromatic rings. The Labute approximate surface area is 149 Å². The Morgan fingerprint density at radius 1 is 1.12 bits per heavy atom. The van der Waals surface area contributed by atoms with Crippen LogP contribution in [0.3, 0.4) is 0 Å². The quantitative estimate of drug-likeness (QED) is 0.740. The minimum atomic E-state index is -3.60. The maximum Gasteiger partial charge on any atom is 0.265 e. The van der Waals surface area contributed by atoms with E-state index < -0.39 is 16.2 Å². The Morgan fingerprint density at radius 3 is 2.40 bits per heavy atom. The Hall–Kier alpha value is -1.73. The zero-order valence-electron chi connectivity index (χ0n) is 14.2. The lowest BCUT2D eigenvalue weighted by atomic mass is 10.0.